The summed E-state index contributed by atoms with van der Waals surface area (Å²) in [5, 5.41) is 34.2. The van der Waals surface area contributed by atoms with Crippen molar-refractivity contribution in [1.29, 1.82) is 0 Å². The van der Waals surface area contributed by atoms with Crippen LogP contribution in [-0.4, -0.2) is 70.3 Å². The van der Waals surface area contributed by atoms with Crippen LogP contribution in [0.15, 0.2) is 0 Å². The Morgan fingerprint density at radius 2 is 2.00 bits per heavy atom. The van der Waals surface area contributed by atoms with Crippen molar-refractivity contribution in [2.24, 2.45) is 0 Å². The van der Waals surface area contributed by atoms with Gasteiger partial charge < -0.3 is 34.9 Å². The summed E-state index contributed by atoms with van der Waals surface area (Å²) < 4.78 is 9.17. The topological polar surface area (TPSA) is 125 Å². The van der Waals surface area contributed by atoms with E-state index in [2.05, 4.69) is 31.3 Å². The Labute approximate surface area is 118 Å². The summed E-state index contributed by atoms with van der Waals surface area (Å²) in [4.78, 5) is 20.7. The Morgan fingerprint density at radius 3 is 2.47 bits per heavy atom. The number of hydrogen-bond donors (Lipinski definition) is 4. The molecular formula is C10H16CrNO7-. The van der Waals surface area contributed by atoms with Gasteiger partial charge in [0.1, 0.15) is 24.4 Å². The summed E-state index contributed by atoms with van der Waals surface area (Å²) in [6.07, 6.45) is -5.41. The molecule has 1 saturated heterocycles. The van der Waals surface area contributed by atoms with Gasteiger partial charge in [0.05, 0.1) is 6.61 Å². The predicted octanol–water partition coefficient (Wildman–Crippen LogP) is -3.02. The van der Waals surface area contributed by atoms with Crippen molar-refractivity contribution in [3.05, 3.63) is 0 Å². The molecule has 1 heterocycles. The van der Waals surface area contributed by atoms with E-state index in [0.717, 1.165) is 6.47 Å². The van der Waals surface area contributed by atoms with Gasteiger partial charge in [0.15, 0.2) is 6.29 Å². The van der Waals surface area contributed by atoms with Gasteiger partial charge in [-0.05, 0) is 0 Å². The van der Waals surface area contributed by atoms with Gasteiger partial charge >= 0.3 is 21.2 Å². The molecule has 110 valence electrons. The average molecular weight is 314 g/mol. The predicted molar refractivity (Wildman–Crippen MR) is 59.3 cm³/mol. The molecular weight excluding hydrogens is 298 g/mol. The molecule has 0 radical (unpaired) electrons. The molecule has 1 rings (SSSR count). The number of aliphatic hydroxyl groups excluding tert-OH is 3. The molecule has 0 aromatic rings. The number of aliphatic hydroxyl groups is 3. The third-order valence-electron chi connectivity index (χ3n) is 2.40. The fourth-order valence-corrected chi connectivity index (χ4v) is 1.59. The molecule has 0 saturated carbocycles. The van der Waals surface area contributed by atoms with Crippen LogP contribution in [0, 0.1) is 0 Å². The normalized spacial score (nSPS) is 33.6. The molecule has 0 aliphatic carbocycles. The van der Waals surface area contributed by atoms with Crippen LogP contribution in [0.5, 0.6) is 0 Å². The standard InChI is InChI=1S/C9H14NO7.CH2.Cr/c1-4(12)10-6-8(14)7(13)5(2-16-3-11)17-9(6)15;;/h5-9,13-15H,2H2,1H3,(H,10,12);1H2;/q-1;;. The van der Waals surface area contributed by atoms with Gasteiger partial charge in [0.2, 0.25) is 5.91 Å². The Morgan fingerprint density at radius 1 is 1.42 bits per heavy atom. The van der Waals surface area contributed by atoms with E-state index in [4.69, 9.17) is 4.74 Å². The summed E-state index contributed by atoms with van der Waals surface area (Å²) in [6, 6.07) is -1.14. The summed E-state index contributed by atoms with van der Waals surface area (Å²) in [7, 11) is 0. The molecule has 1 aliphatic heterocycles. The van der Waals surface area contributed by atoms with Gasteiger partial charge in [-0.25, -0.2) is 0 Å². The number of amides is 1. The molecule has 4 N–H and O–H groups in total. The molecule has 0 aromatic heterocycles. The first-order valence-corrected chi connectivity index (χ1v) is 6.12. The summed E-state index contributed by atoms with van der Waals surface area (Å²) in [5.41, 5.74) is 0. The summed E-state index contributed by atoms with van der Waals surface area (Å²) >= 11 is 2.38. The van der Waals surface area contributed by atoms with Crippen LogP contribution in [0.2, 0.25) is 0 Å². The van der Waals surface area contributed by atoms with E-state index in [9.17, 15) is 24.9 Å². The fourth-order valence-electron chi connectivity index (χ4n) is 1.59. The molecule has 1 amide bonds. The first-order valence-electron chi connectivity index (χ1n) is 5.22. The van der Waals surface area contributed by atoms with E-state index < -0.39 is 36.6 Å². The zero-order valence-corrected chi connectivity index (χ0v) is 11.5. The number of nitrogens with one attached hydrogen (secondary N) is 1. The van der Waals surface area contributed by atoms with Crippen molar-refractivity contribution >= 4 is 17.8 Å². The molecule has 0 bridgehead atoms. The van der Waals surface area contributed by atoms with Gasteiger partial charge in [-0.2, -0.15) is 0 Å². The molecule has 0 spiro atoms. The third-order valence-corrected chi connectivity index (χ3v) is 2.40. The van der Waals surface area contributed by atoms with Crippen LogP contribution in [0.25, 0.3) is 0 Å². The Kier molecular flexibility index (Phi) is 8.75. The van der Waals surface area contributed by atoms with Gasteiger partial charge in [-0.1, -0.05) is 6.47 Å². The van der Waals surface area contributed by atoms with Crippen molar-refractivity contribution in [1.82, 2.24) is 5.32 Å². The quantitative estimate of drug-likeness (QED) is 0.407. The second-order valence-corrected chi connectivity index (χ2v) is 3.67. The Hall–Kier alpha value is -0.818. The first kappa shape index (κ1) is 18.2. The van der Waals surface area contributed by atoms with Crippen molar-refractivity contribution in [3.8, 4) is 0 Å². The molecule has 1 fully saturated rings. The number of carbonyl (C=O) groups is 1. The van der Waals surface area contributed by atoms with Gasteiger partial charge in [-0.3, -0.25) is 4.79 Å². The zero-order chi connectivity index (χ0) is 15.0. The number of carbonyl (C=O) groups excluding carboxylic acids is 2. The number of ether oxygens (including phenoxy) is 2. The van der Waals surface area contributed by atoms with Gasteiger partial charge in [-0.15, -0.1) is 0 Å². The first-order chi connectivity index (χ1) is 8.97. The van der Waals surface area contributed by atoms with Crippen LogP contribution in [0.1, 0.15) is 6.92 Å². The molecule has 8 nitrogen and oxygen atoms in total. The van der Waals surface area contributed by atoms with Crippen LogP contribution in [0.3, 0.4) is 0 Å². The summed E-state index contributed by atoms with van der Waals surface area (Å²) in [5.74, 6) is -0.486. The van der Waals surface area contributed by atoms with E-state index in [1.54, 1.807) is 0 Å². The van der Waals surface area contributed by atoms with E-state index in [-0.39, 0.29) is 6.61 Å². The Bertz CT molecular complexity index is 304. The van der Waals surface area contributed by atoms with Crippen LogP contribution in [0.4, 0.5) is 0 Å². The zero-order valence-electron chi connectivity index (χ0n) is 10.2. The second kappa shape index (κ2) is 9.14. The van der Waals surface area contributed by atoms with E-state index in [0.29, 0.717) is 0 Å². The van der Waals surface area contributed by atoms with Crippen LogP contribution >= 0.6 is 0 Å². The van der Waals surface area contributed by atoms with E-state index in [1.165, 1.54) is 6.92 Å². The average Bonchev–Trinajstić information content (AvgIpc) is 2.39. The molecule has 5 atom stereocenters. The molecule has 19 heavy (non-hydrogen) atoms. The van der Waals surface area contributed by atoms with Crippen LogP contribution < -0.4 is 5.32 Å². The van der Waals surface area contributed by atoms with Gasteiger partial charge in [0.25, 0.3) is 0 Å². The van der Waals surface area contributed by atoms with Crippen molar-refractivity contribution in [3.63, 3.8) is 0 Å². The van der Waals surface area contributed by atoms with E-state index >= 15 is 0 Å². The molecule has 1 aliphatic rings. The maximum atomic E-state index is 10.8. The third kappa shape index (κ3) is 5.36. The molecule has 0 aromatic carbocycles. The Balaban J connectivity index is 0.00000154. The molecule has 5 unspecified atom stereocenters. The van der Waals surface area contributed by atoms with Gasteiger partial charge in [0, 0.05) is 6.92 Å². The van der Waals surface area contributed by atoms with Crippen molar-refractivity contribution in [2.75, 3.05) is 6.61 Å². The van der Waals surface area contributed by atoms with Crippen LogP contribution in [-0.2, 0) is 34.9 Å². The number of rotatable bonds is 4. The molecule has 9 heteroatoms. The SMILES string of the molecule is CC(=O)NC1C(O)OC(CO[C-]=O)C(O)C1O.[CH2]=[Cr]. The minimum atomic E-state index is -1.50. The number of hydrogen-bond acceptors (Lipinski definition) is 7. The van der Waals surface area contributed by atoms with E-state index in [1.807, 2.05) is 0 Å². The second-order valence-electron chi connectivity index (χ2n) is 3.67. The van der Waals surface area contributed by atoms with Crippen molar-refractivity contribution in [2.45, 2.75) is 37.6 Å². The summed E-state index contributed by atoms with van der Waals surface area (Å²) in [6.45, 7) is 1.98. The van der Waals surface area contributed by atoms with Crippen molar-refractivity contribution < 1.29 is 50.2 Å². The monoisotopic (exact) mass is 314 g/mol. The fraction of sp³-hybridized carbons (Fsp3) is 0.700. The maximum absolute atomic E-state index is 10.8. The minimum absolute atomic E-state index is 0.356.